The molecule has 5 heteroatoms. The van der Waals surface area contributed by atoms with Gasteiger partial charge < -0.3 is 14.6 Å². The number of nitrogens with zero attached hydrogens (tertiary/aromatic N) is 1. The first kappa shape index (κ1) is 16.4. The van der Waals surface area contributed by atoms with Gasteiger partial charge in [0.1, 0.15) is 11.4 Å². The fourth-order valence-electron chi connectivity index (χ4n) is 2.83. The molecule has 0 saturated carbocycles. The molecule has 1 amide bonds. The van der Waals surface area contributed by atoms with E-state index in [2.05, 4.69) is 5.32 Å². The number of fused-ring (bicyclic) bond motifs is 1. The van der Waals surface area contributed by atoms with Gasteiger partial charge in [-0.3, -0.25) is 4.79 Å². The van der Waals surface area contributed by atoms with Gasteiger partial charge in [0, 0.05) is 24.0 Å². The molecular formula is C19H19ClN2O2. The number of methoxy groups -OCH3 is 1. The molecule has 1 aromatic heterocycles. The van der Waals surface area contributed by atoms with E-state index in [1.807, 2.05) is 60.1 Å². The summed E-state index contributed by atoms with van der Waals surface area (Å²) in [6.45, 7) is 0.553. The Morgan fingerprint density at radius 1 is 1.21 bits per heavy atom. The Labute approximate surface area is 146 Å². The third-order valence-electron chi connectivity index (χ3n) is 4.09. The van der Waals surface area contributed by atoms with Crippen LogP contribution < -0.4 is 10.1 Å². The van der Waals surface area contributed by atoms with Gasteiger partial charge >= 0.3 is 0 Å². The largest absolute Gasteiger partial charge is 0.496 e. The number of nitrogens with one attached hydrogen (secondary N) is 1. The van der Waals surface area contributed by atoms with Gasteiger partial charge in [0.05, 0.1) is 12.6 Å². The summed E-state index contributed by atoms with van der Waals surface area (Å²) in [7, 11) is 3.51. The van der Waals surface area contributed by atoms with Gasteiger partial charge in [-0.15, -0.1) is 0 Å². The number of rotatable bonds is 5. The van der Waals surface area contributed by atoms with Gasteiger partial charge in [-0.2, -0.15) is 0 Å². The lowest BCUT2D eigenvalue weighted by Gasteiger charge is -2.07. The number of carbonyl (C=O) groups is 1. The predicted molar refractivity (Wildman–Crippen MR) is 97.0 cm³/mol. The van der Waals surface area contributed by atoms with Gasteiger partial charge in [-0.25, -0.2) is 0 Å². The maximum absolute atomic E-state index is 12.5. The van der Waals surface area contributed by atoms with Crippen molar-refractivity contribution in [1.82, 2.24) is 9.88 Å². The first-order valence-electron chi connectivity index (χ1n) is 7.75. The van der Waals surface area contributed by atoms with Crippen LogP contribution in [0.1, 0.15) is 16.1 Å². The summed E-state index contributed by atoms with van der Waals surface area (Å²) in [6, 6.07) is 15.3. The monoisotopic (exact) mass is 342 g/mol. The zero-order valence-electron chi connectivity index (χ0n) is 13.7. The average Bonchev–Trinajstić information content (AvgIpc) is 2.92. The molecule has 3 aromatic rings. The van der Waals surface area contributed by atoms with Gasteiger partial charge in [-0.1, -0.05) is 29.8 Å². The molecule has 0 saturated heterocycles. The van der Waals surface area contributed by atoms with E-state index in [4.69, 9.17) is 16.3 Å². The standard InChI is InChI=1S/C19H19ClN2O2/c1-22-16-7-4-8-18(24-2)15(16)12-17(22)19(23)21-10-9-13-5-3-6-14(20)11-13/h3-8,11-12H,9-10H2,1-2H3,(H,21,23). The van der Waals surface area contributed by atoms with Crippen LogP contribution in [0.3, 0.4) is 0 Å². The van der Waals surface area contributed by atoms with E-state index in [1.165, 1.54) is 0 Å². The summed E-state index contributed by atoms with van der Waals surface area (Å²) in [4.78, 5) is 12.5. The van der Waals surface area contributed by atoms with Gasteiger partial charge in [0.2, 0.25) is 0 Å². The lowest BCUT2D eigenvalue weighted by Crippen LogP contribution is -2.27. The molecule has 0 radical (unpaired) electrons. The number of benzene rings is 2. The summed E-state index contributed by atoms with van der Waals surface area (Å²) in [5.74, 6) is 0.666. The second-order valence-corrected chi connectivity index (χ2v) is 6.05. The van der Waals surface area contributed by atoms with Crippen LogP contribution in [0.2, 0.25) is 5.02 Å². The lowest BCUT2D eigenvalue weighted by atomic mass is 10.1. The Morgan fingerprint density at radius 2 is 2.00 bits per heavy atom. The minimum atomic E-state index is -0.0993. The second kappa shape index (κ2) is 6.97. The van der Waals surface area contributed by atoms with Crippen molar-refractivity contribution in [3.05, 3.63) is 64.8 Å². The molecular weight excluding hydrogens is 324 g/mol. The summed E-state index contributed by atoms with van der Waals surface area (Å²) in [6.07, 6.45) is 0.736. The van der Waals surface area contributed by atoms with Crippen LogP contribution in [-0.4, -0.2) is 24.1 Å². The summed E-state index contributed by atoms with van der Waals surface area (Å²) >= 11 is 5.97. The fourth-order valence-corrected chi connectivity index (χ4v) is 3.05. The van der Waals surface area contributed by atoms with Crippen LogP contribution in [-0.2, 0) is 13.5 Å². The number of hydrogen-bond donors (Lipinski definition) is 1. The van der Waals surface area contributed by atoms with Crippen LogP contribution >= 0.6 is 11.6 Å². The molecule has 1 N–H and O–H groups in total. The number of carbonyl (C=O) groups excluding carboxylic acids is 1. The highest BCUT2D eigenvalue weighted by Crippen LogP contribution is 2.27. The van der Waals surface area contributed by atoms with E-state index >= 15 is 0 Å². The number of hydrogen-bond acceptors (Lipinski definition) is 2. The average molecular weight is 343 g/mol. The van der Waals surface area contributed by atoms with Crippen molar-refractivity contribution in [2.75, 3.05) is 13.7 Å². The maximum atomic E-state index is 12.5. The van der Waals surface area contributed by atoms with Crippen molar-refractivity contribution < 1.29 is 9.53 Å². The van der Waals surface area contributed by atoms with E-state index in [0.29, 0.717) is 17.3 Å². The molecule has 0 spiro atoms. The summed E-state index contributed by atoms with van der Waals surface area (Å²) < 4.78 is 7.25. The Morgan fingerprint density at radius 3 is 2.75 bits per heavy atom. The molecule has 0 bridgehead atoms. The number of aromatic nitrogens is 1. The minimum Gasteiger partial charge on any atom is -0.496 e. The van der Waals surface area contributed by atoms with E-state index in [1.54, 1.807) is 7.11 Å². The number of amides is 1. The number of ether oxygens (including phenoxy) is 1. The normalized spacial score (nSPS) is 10.8. The zero-order valence-corrected chi connectivity index (χ0v) is 14.4. The highest BCUT2D eigenvalue weighted by molar-refractivity contribution is 6.30. The lowest BCUT2D eigenvalue weighted by molar-refractivity contribution is 0.0946. The van der Waals surface area contributed by atoms with Crippen molar-refractivity contribution >= 4 is 28.4 Å². The van der Waals surface area contributed by atoms with Gasteiger partial charge in [0.25, 0.3) is 5.91 Å². The first-order chi connectivity index (χ1) is 11.6. The van der Waals surface area contributed by atoms with E-state index in [0.717, 1.165) is 28.6 Å². The zero-order chi connectivity index (χ0) is 17.1. The third kappa shape index (κ3) is 3.24. The molecule has 24 heavy (non-hydrogen) atoms. The molecule has 0 aliphatic heterocycles. The molecule has 0 fully saturated rings. The molecule has 0 atom stereocenters. The maximum Gasteiger partial charge on any atom is 0.267 e. The summed E-state index contributed by atoms with van der Waals surface area (Å²) in [5.41, 5.74) is 2.68. The van der Waals surface area contributed by atoms with E-state index < -0.39 is 0 Å². The van der Waals surface area contributed by atoms with Crippen molar-refractivity contribution in [3.63, 3.8) is 0 Å². The van der Waals surface area contributed by atoms with Crippen molar-refractivity contribution in [1.29, 1.82) is 0 Å². The highest BCUT2D eigenvalue weighted by Gasteiger charge is 2.15. The van der Waals surface area contributed by atoms with E-state index in [-0.39, 0.29) is 5.91 Å². The Bertz CT molecular complexity index is 886. The van der Waals surface area contributed by atoms with E-state index in [9.17, 15) is 4.79 Å². The van der Waals surface area contributed by atoms with Gasteiger partial charge in [-0.05, 0) is 42.3 Å². The van der Waals surface area contributed by atoms with Gasteiger partial charge in [0.15, 0.2) is 0 Å². The predicted octanol–water partition coefficient (Wildman–Crippen LogP) is 3.81. The Balaban J connectivity index is 1.73. The topological polar surface area (TPSA) is 43.3 Å². The van der Waals surface area contributed by atoms with Crippen LogP contribution in [0, 0.1) is 0 Å². The molecule has 3 rings (SSSR count). The first-order valence-corrected chi connectivity index (χ1v) is 8.13. The second-order valence-electron chi connectivity index (χ2n) is 5.62. The van der Waals surface area contributed by atoms with Crippen LogP contribution in [0.4, 0.5) is 0 Å². The minimum absolute atomic E-state index is 0.0993. The molecule has 0 unspecified atom stereocenters. The Kier molecular flexibility index (Phi) is 4.76. The molecule has 2 aromatic carbocycles. The Hall–Kier alpha value is -2.46. The SMILES string of the molecule is COc1cccc2c1cc(C(=O)NCCc1cccc(Cl)c1)n2C. The van der Waals surface area contributed by atoms with Crippen LogP contribution in [0.25, 0.3) is 10.9 Å². The van der Waals surface area contributed by atoms with Crippen LogP contribution in [0.15, 0.2) is 48.5 Å². The molecule has 4 nitrogen and oxygen atoms in total. The van der Waals surface area contributed by atoms with Crippen molar-refractivity contribution in [3.8, 4) is 5.75 Å². The highest BCUT2D eigenvalue weighted by atomic mass is 35.5. The third-order valence-corrected chi connectivity index (χ3v) is 4.32. The summed E-state index contributed by atoms with van der Waals surface area (Å²) in [5, 5.41) is 4.60. The molecule has 0 aliphatic rings. The smallest absolute Gasteiger partial charge is 0.267 e. The number of halogens is 1. The van der Waals surface area contributed by atoms with Crippen LogP contribution in [0.5, 0.6) is 5.75 Å². The molecule has 0 aliphatic carbocycles. The quantitative estimate of drug-likeness (QED) is 0.766. The number of aryl methyl sites for hydroxylation is 1. The molecule has 124 valence electrons. The molecule has 1 heterocycles. The van der Waals surface area contributed by atoms with Crippen molar-refractivity contribution in [2.45, 2.75) is 6.42 Å². The fraction of sp³-hybridized carbons (Fsp3) is 0.211. The van der Waals surface area contributed by atoms with Crippen molar-refractivity contribution in [2.24, 2.45) is 7.05 Å².